The highest BCUT2D eigenvalue weighted by Crippen LogP contribution is 2.56. The number of nitrogens with one attached hydrogen (secondary N) is 2. The maximum Gasteiger partial charge on any atom is 0.262 e. The van der Waals surface area contributed by atoms with E-state index in [-0.39, 0.29) is 59.0 Å². The molecule has 1 unspecified atom stereocenters. The van der Waals surface area contributed by atoms with Crippen molar-refractivity contribution >= 4 is 40.4 Å². The van der Waals surface area contributed by atoms with E-state index in [2.05, 4.69) is 61.3 Å². The molecule has 2 N–H and O–H groups in total. The Morgan fingerprint density at radius 2 is 1.66 bits per heavy atom. The summed E-state index contributed by atoms with van der Waals surface area (Å²) in [5.74, 6) is -0.430. The van der Waals surface area contributed by atoms with Gasteiger partial charge in [-0.25, -0.2) is 0 Å². The molecule has 3 heterocycles. The fraction of sp³-hybridized carbons (Fsp3) is 0.426. The van der Waals surface area contributed by atoms with Crippen LogP contribution in [0.3, 0.4) is 0 Å². The zero-order valence-electron chi connectivity index (χ0n) is 35.0. The van der Waals surface area contributed by atoms with Crippen molar-refractivity contribution in [3.8, 4) is 23.3 Å². The lowest BCUT2D eigenvalue weighted by Gasteiger charge is -2.63. The van der Waals surface area contributed by atoms with Gasteiger partial charge in [0, 0.05) is 59.3 Å². The maximum absolute atomic E-state index is 13.5. The minimum absolute atomic E-state index is 0.0194. The van der Waals surface area contributed by atoms with Gasteiger partial charge in [-0.3, -0.25) is 39.2 Å². The second-order valence-electron chi connectivity index (χ2n) is 17.7. The lowest BCUT2D eigenvalue weighted by Crippen LogP contribution is -2.74. The summed E-state index contributed by atoms with van der Waals surface area (Å²) in [6.45, 7) is 9.83. The number of rotatable bonds is 14. The molecule has 61 heavy (non-hydrogen) atoms. The molecule has 8 rings (SSSR count). The standard InChI is InChI=1S/C47H50N6O8/c1-46(2)44(47(3,4)45(46)61-37-18-12-28(26-48)39-34(37)9-8-20-49-39)51-40(55)27-10-13-30(14-11-27)59-22-7-6-21-52(5)29-23-32(24-29)60-31-15-16-33-35(25-31)43(58)53(42(33)57)36-17-19-38(54)50-41(36)56/h8-16,18,20,25,29,32,36,44-45H,6-7,17,19,21-24H2,1-5H3,(H,51,55)(H,50,54,56). The number of hydrogen-bond acceptors (Lipinski definition) is 11. The normalized spacial score (nSPS) is 23.7. The van der Waals surface area contributed by atoms with E-state index in [1.807, 2.05) is 30.3 Å². The van der Waals surface area contributed by atoms with E-state index in [1.54, 1.807) is 42.6 Å². The minimum Gasteiger partial charge on any atom is -0.494 e. The summed E-state index contributed by atoms with van der Waals surface area (Å²) >= 11 is 0. The Balaban J connectivity index is 0.745. The fourth-order valence-electron chi connectivity index (χ4n) is 9.73. The molecule has 1 atom stereocenters. The summed E-state index contributed by atoms with van der Waals surface area (Å²) in [4.78, 5) is 71.2. The number of nitriles is 1. The first-order chi connectivity index (χ1) is 29.2. The van der Waals surface area contributed by atoms with Crippen molar-refractivity contribution < 1.29 is 38.2 Å². The Labute approximate surface area is 354 Å². The molecule has 2 aliphatic heterocycles. The molecule has 0 bridgehead atoms. The van der Waals surface area contributed by atoms with E-state index in [9.17, 15) is 29.2 Å². The number of unbranched alkanes of at least 4 members (excludes halogenated alkanes) is 1. The number of pyridine rings is 1. The van der Waals surface area contributed by atoms with Crippen LogP contribution < -0.4 is 24.8 Å². The lowest BCUT2D eigenvalue weighted by atomic mass is 9.49. The van der Waals surface area contributed by atoms with Gasteiger partial charge in [-0.2, -0.15) is 5.26 Å². The number of hydrogen-bond donors (Lipinski definition) is 2. The third-order valence-electron chi connectivity index (χ3n) is 12.9. The van der Waals surface area contributed by atoms with Crippen LogP contribution in [-0.2, 0) is 9.59 Å². The van der Waals surface area contributed by atoms with E-state index in [0.29, 0.717) is 46.5 Å². The van der Waals surface area contributed by atoms with Crippen LogP contribution >= 0.6 is 0 Å². The number of carbonyl (C=O) groups excluding carboxylic acids is 5. The number of aromatic nitrogens is 1. The molecule has 5 amide bonds. The lowest BCUT2D eigenvalue weighted by molar-refractivity contribution is -0.163. The Morgan fingerprint density at radius 3 is 2.38 bits per heavy atom. The van der Waals surface area contributed by atoms with E-state index in [4.69, 9.17) is 14.2 Å². The van der Waals surface area contributed by atoms with Crippen molar-refractivity contribution in [2.24, 2.45) is 10.8 Å². The summed E-state index contributed by atoms with van der Waals surface area (Å²) in [5, 5.41) is 15.8. The van der Waals surface area contributed by atoms with Crippen molar-refractivity contribution in [2.75, 3.05) is 20.2 Å². The topological polar surface area (TPSA) is 180 Å². The first-order valence-electron chi connectivity index (χ1n) is 20.9. The van der Waals surface area contributed by atoms with Crippen LogP contribution in [0.5, 0.6) is 17.2 Å². The Morgan fingerprint density at radius 1 is 0.934 bits per heavy atom. The fourth-order valence-corrected chi connectivity index (χ4v) is 9.73. The zero-order chi connectivity index (χ0) is 43.2. The van der Waals surface area contributed by atoms with E-state index < -0.39 is 29.7 Å². The van der Waals surface area contributed by atoms with Gasteiger partial charge in [0.1, 0.15) is 41.6 Å². The molecule has 1 saturated heterocycles. The van der Waals surface area contributed by atoms with Gasteiger partial charge >= 0.3 is 0 Å². The van der Waals surface area contributed by atoms with Crippen LogP contribution in [0, 0.1) is 22.2 Å². The van der Waals surface area contributed by atoms with Crippen LogP contribution in [-0.4, -0.2) is 94.9 Å². The van der Waals surface area contributed by atoms with Crippen LogP contribution in [0.1, 0.15) is 103 Å². The molecule has 1 aromatic heterocycles. The monoisotopic (exact) mass is 826 g/mol. The SMILES string of the molecule is CN(CCCCOc1ccc(C(=O)NC2C(C)(C)C(Oc3ccc(C#N)c4ncccc34)C2(C)C)cc1)C1CC(Oc2ccc3c(c2)C(=O)N(C2CCC(=O)NC2=O)C3=O)C1. The van der Waals surface area contributed by atoms with E-state index >= 15 is 0 Å². The Kier molecular flexibility index (Phi) is 11.0. The molecular weight excluding hydrogens is 777 g/mol. The number of amides is 5. The summed E-state index contributed by atoms with van der Waals surface area (Å²) in [5.41, 5.74) is 1.32. The van der Waals surface area contributed by atoms with Crippen molar-refractivity contribution in [2.45, 2.75) is 96.6 Å². The summed E-state index contributed by atoms with van der Waals surface area (Å²) in [6, 6.07) is 20.7. The summed E-state index contributed by atoms with van der Waals surface area (Å²) in [7, 11) is 2.10. The Bertz CT molecular complexity index is 2440. The number of piperidine rings is 1. The first-order valence-corrected chi connectivity index (χ1v) is 20.9. The quantitative estimate of drug-likeness (QED) is 0.116. The predicted molar refractivity (Wildman–Crippen MR) is 224 cm³/mol. The van der Waals surface area contributed by atoms with Crippen LogP contribution in [0.25, 0.3) is 10.9 Å². The number of benzene rings is 3. The molecule has 2 aliphatic carbocycles. The first kappa shape index (κ1) is 41.4. The number of imide groups is 2. The minimum atomic E-state index is -1.00. The number of fused-ring (bicyclic) bond motifs is 2. The Hall–Kier alpha value is -6.33. The van der Waals surface area contributed by atoms with Crippen molar-refractivity contribution in [3.05, 3.63) is 95.2 Å². The van der Waals surface area contributed by atoms with Gasteiger partial charge in [-0.1, -0.05) is 27.7 Å². The summed E-state index contributed by atoms with van der Waals surface area (Å²) in [6.07, 6.45) is 5.09. The van der Waals surface area contributed by atoms with Crippen molar-refractivity contribution in [1.82, 2.24) is 25.4 Å². The third kappa shape index (κ3) is 7.78. The average Bonchev–Trinajstić information content (AvgIpc) is 3.47. The highest BCUT2D eigenvalue weighted by Gasteiger charge is 2.64. The highest BCUT2D eigenvalue weighted by molar-refractivity contribution is 6.23. The number of carbonyl (C=O) groups is 5. The molecule has 316 valence electrons. The van der Waals surface area contributed by atoms with Crippen LogP contribution in [0.2, 0.25) is 0 Å². The van der Waals surface area contributed by atoms with E-state index in [1.165, 1.54) is 0 Å². The van der Waals surface area contributed by atoms with Crippen molar-refractivity contribution in [1.29, 1.82) is 5.26 Å². The van der Waals surface area contributed by atoms with Crippen molar-refractivity contribution in [3.63, 3.8) is 0 Å². The predicted octanol–water partition coefficient (Wildman–Crippen LogP) is 5.82. The van der Waals surface area contributed by atoms with Gasteiger partial charge in [0.05, 0.1) is 28.8 Å². The van der Waals surface area contributed by atoms with Gasteiger partial charge < -0.3 is 24.4 Å². The molecule has 0 spiro atoms. The highest BCUT2D eigenvalue weighted by atomic mass is 16.5. The molecule has 4 aliphatic rings. The third-order valence-corrected chi connectivity index (χ3v) is 12.9. The number of ether oxygens (including phenoxy) is 3. The molecule has 14 heteroatoms. The second kappa shape index (κ2) is 16.3. The smallest absolute Gasteiger partial charge is 0.262 e. The molecule has 3 aromatic carbocycles. The average molecular weight is 827 g/mol. The second-order valence-corrected chi connectivity index (χ2v) is 17.7. The molecule has 14 nitrogen and oxygen atoms in total. The van der Waals surface area contributed by atoms with Gasteiger partial charge in [-0.15, -0.1) is 0 Å². The molecule has 0 radical (unpaired) electrons. The van der Waals surface area contributed by atoms with Gasteiger partial charge in [0.15, 0.2) is 0 Å². The van der Waals surface area contributed by atoms with Crippen LogP contribution in [0.4, 0.5) is 0 Å². The number of nitrogens with zero attached hydrogens (tertiary/aromatic N) is 4. The maximum atomic E-state index is 13.5. The van der Waals surface area contributed by atoms with E-state index in [0.717, 1.165) is 42.5 Å². The molecule has 2 saturated carbocycles. The largest absolute Gasteiger partial charge is 0.494 e. The molecular formula is C47H50N6O8. The molecule has 4 aromatic rings. The summed E-state index contributed by atoms with van der Waals surface area (Å²) < 4.78 is 18.8. The molecule has 3 fully saturated rings. The van der Waals surface area contributed by atoms with Gasteiger partial charge in [-0.05, 0) is 99.6 Å². The van der Waals surface area contributed by atoms with Crippen LogP contribution in [0.15, 0.2) is 72.9 Å². The zero-order valence-corrected chi connectivity index (χ0v) is 35.0. The van der Waals surface area contributed by atoms with Gasteiger partial charge in [0.25, 0.3) is 17.7 Å². The van der Waals surface area contributed by atoms with Gasteiger partial charge in [0.2, 0.25) is 11.8 Å².